The lowest BCUT2D eigenvalue weighted by molar-refractivity contribution is 0.346. The van der Waals surface area contributed by atoms with Gasteiger partial charge in [0.05, 0.1) is 19.2 Å². The Morgan fingerprint density at radius 3 is 2.39 bits per heavy atom. The van der Waals surface area contributed by atoms with Crippen LogP contribution in [0, 0.1) is 0 Å². The number of piperidine rings is 1. The Hall–Kier alpha value is -1.29. The first kappa shape index (κ1) is 21.4. The van der Waals surface area contributed by atoms with Gasteiger partial charge in [0, 0.05) is 29.5 Å². The van der Waals surface area contributed by atoms with Crippen molar-refractivity contribution >= 4 is 37.7 Å². The molecule has 1 aromatic heterocycles. The zero-order chi connectivity index (χ0) is 20.1. The van der Waals surface area contributed by atoms with E-state index in [-0.39, 0.29) is 4.90 Å². The number of hydrogen-bond acceptors (Lipinski definition) is 6. The quantitative estimate of drug-likeness (QED) is 0.542. The van der Waals surface area contributed by atoms with Crippen molar-refractivity contribution < 1.29 is 17.9 Å². The second kappa shape index (κ2) is 9.47. The van der Waals surface area contributed by atoms with Crippen LogP contribution in [0.1, 0.15) is 24.8 Å². The number of hydrogen-bond donors (Lipinski definition) is 0. The summed E-state index contributed by atoms with van der Waals surface area (Å²) in [7, 11) is -0.243. The number of pyridine rings is 1. The van der Waals surface area contributed by atoms with Gasteiger partial charge in [0.2, 0.25) is 10.0 Å². The molecule has 1 aliphatic heterocycles. The number of nitrogens with zero attached hydrogens (tertiary/aromatic N) is 2. The lowest BCUT2D eigenvalue weighted by atomic mass is 10.2. The van der Waals surface area contributed by atoms with E-state index in [4.69, 9.17) is 9.47 Å². The second-order valence-corrected chi connectivity index (χ2v) is 10.2. The zero-order valence-corrected chi connectivity index (χ0v) is 19.1. The van der Waals surface area contributed by atoms with Crippen molar-refractivity contribution in [2.75, 3.05) is 27.3 Å². The maximum absolute atomic E-state index is 12.7. The molecule has 1 aliphatic rings. The van der Waals surface area contributed by atoms with Gasteiger partial charge in [-0.2, -0.15) is 4.31 Å². The van der Waals surface area contributed by atoms with E-state index in [0.717, 1.165) is 34.3 Å². The van der Waals surface area contributed by atoms with Gasteiger partial charge in [0.1, 0.15) is 4.90 Å². The average molecular weight is 487 g/mol. The van der Waals surface area contributed by atoms with Gasteiger partial charge in [-0.15, -0.1) is 11.8 Å². The molecule has 0 radical (unpaired) electrons. The van der Waals surface area contributed by atoms with Crippen LogP contribution in [0.3, 0.4) is 0 Å². The molecule has 1 fully saturated rings. The summed E-state index contributed by atoms with van der Waals surface area (Å²) in [6, 6.07) is 7.20. The van der Waals surface area contributed by atoms with Gasteiger partial charge in [0.15, 0.2) is 11.5 Å². The third kappa shape index (κ3) is 4.82. The number of ether oxygens (including phenoxy) is 2. The molecule has 1 saturated heterocycles. The highest BCUT2D eigenvalue weighted by Gasteiger charge is 2.26. The summed E-state index contributed by atoms with van der Waals surface area (Å²) in [5, 5.41) is 0.763. The number of benzene rings is 1. The maximum Gasteiger partial charge on any atom is 0.244 e. The van der Waals surface area contributed by atoms with Gasteiger partial charge in [-0.25, -0.2) is 13.4 Å². The van der Waals surface area contributed by atoms with Gasteiger partial charge < -0.3 is 9.47 Å². The van der Waals surface area contributed by atoms with E-state index in [1.165, 1.54) is 18.0 Å². The Balaban J connectivity index is 1.70. The molecule has 2 heterocycles. The molecular formula is C19H23BrN2O4S2. The third-order valence-corrected chi connectivity index (χ3v) is 8.20. The minimum Gasteiger partial charge on any atom is -0.493 e. The first-order chi connectivity index (χ1) is 13.5. The van der Waals surface area contributed by atoms with Crippen LogP contribution in [0.2, 0.25) is 0 Å². The minimum atomic E-state index is -3.45. The van der Waals surface area contributed by atoms with Crippen LogP contribution in [0.4, 0.5) is 0 Å². The van der Waals surface area contributed by atoms with Crippen molar-refractivity contribution in [3.63, 3.8) is 0 Å². The largest absolute Gasteiger partial charge is 0.493 e. The molecule has 1 aromatic carbocycles. The first-order valence-electron chi connectivity index (χ1n) is 8.95. The summed E-state index contributed by atoms with van der Waals surface area (Å²) in [4.78, 5) is 4.60. The van der Waals surface area contributed by atoms with Crippen LogP contribution in [0.5, 0.6) is 11.5 Å². The molecule has 0 atom stereocenters. The fraction of sp³-hybridized carbons (Fsp3) is 0.421. The lowest BCUT2D eigenvalue weighted by Gasteiger charge is -2.25. The Kier molecular flexibility index (Phi) is 7.25. The fourth-order valence-electron chi connectivity index (χ4n) is 3.02. The molecule has 6 nitrogen and oxygen atoms in total. The number of methoxy groups -OCH3 is 2. The summed E-state index contributed by atoms with van der Waals surface area (Å²) in [5.41, 5.74) is 1.04. The Morgan fingerprint density at radius 2 is 1.79 bits per heavy atom. The molecule has 9 heteroatoms. The molecule has 0 N–H and O–H groups in total. The SMILES string of the molecule is COc1cc(Br)c(CSc2ccc(S(=O)(=O)N3CCCCC3)cn2)cc1OC. The molecule has 0 unspecified atom stereocenters. The highest BCUT2D eigenvalue weighted by Crippen LogP contribution is 2.36. The third-order valence-electron chi connectivity index (χ3n) is 4.59. The molecule has 3 rings (SSSR count). The van der Waals surface area contributed by atoms with Crippen molar-refractivity contribution in [2.45, 2.75) is 34.9 Å². The van der Waals surface area contributed by atoms with E-state index >= 15 is 0 Å². The minimum absolute atomic E-state index is 0.256. The molecule has 2 aromatic rings. The summed E-state index contributed by atoms with van der Waals surface area (Å²) >= 11 is 5.08. The van der Waals surface area contributed by atoms with Crippen LogP contribution < -0.4 is 9.47 Å². The van der Waals surface area contributed by atoms with Crippen molar-refractivity contribution in [2.24, 2.45) is 0 Å². The molecule has 0 aliphatic carbocycles. The summed E-state index contributed by atoms with van der Waals surface area (Å²) in [6.45, 7) is 1.18. The smallest absolute Gasteiger partial charge is 0.244 e. The molecule has 0 saturated carbocycles. The maximum atomic E-state index is 12.7. The van der Waals surface area contributed by atoms with Gasteiger partial charge in [-0.05, 0) is 42.7 Å². The predicted molar refractivity (Wildman–Crippen MR) is 114 cm³/mol. The first-order valence-corrected chi connectivity index (χ1v) is 12.2. The van der Waals surface area contributed by atoms with Crippen LogP contribution in [-0.4, -0.2) is 45.0 Å². The van der Waals surface area contributed by atoms with Crippen LogP contribution >= 0.6 is 27.7 Å². The lowest BCUT2D eigenvalue weighted by Crippen LogP contribution is -2.35. The van der Waals surface area contributed by atoms with Gasteiger partial charge in [0.25, 0.3) is 0 Å². The molecule has 152 valence electrons. The summed E-state index contributed by atoms with van der Waals surface area (Å²) < 4.78 is 38.5. The van der Waals surface area contributed by atoms with E-state index in [2.05, 4.69) is 20.9 Å². The van der Waals surface area contributed by atoms with E-state index < -0.39 is 10.0 Å². The predicted octanol–water partition coefficient (Wildman–Crippen LogP) is 4.33. The highest BCUT2D eigenvalue weighted by molar-refractivity contribution is 9.10. The van der Waals surface area contributed by atoms with E-state index in [1.54, 1.807) is 30.7 Å². The monoisotopic (exact) mass is 486 g/mol. The molecule has 0 amide bonds. The Labute approximate surface area is 178 Å². The van der Waals surface area contributed by atoms with Crippen LogP contribution in [-0.2, 0) is 15.8 Å². The highest BCUT2D eigenvalue weighted by atomic mass is 79.9. The molecule has 0 spiro atoms. The van der Waals surface area contributed by atoms with Crippen molar-refractivity contribution in [3.8, 4) is 11.5 Å². The second-order valence-electron chi connectivity index (χ2n) is 6.38. The van der Waals surface area contributed by atoms with E-state index in [0.29, 0.717) is 30.3 Å². The molecule has 28 heavy (non-hydrogen) atoms. The zero-order valence-electron chi connectivity index (χ0n) is 15.9. The standard InChI is InChI=1S/C19H23BrN2O4S2/c1-25-17-10-14(16(20)11-18(17)26-2)13-27-19-7-6-15(12-21-19)28(23,24)22-8-4-3-5-9-22/h6-7,10-12H,3-5,8-9,13H2,1-2H3. The van der Waals surface area contributed by atoms with Crippen LogP contribution in [0.25, 0.3) is 0 Å². The van der Waals surface area contributed by atoms with Gasteiger partial charge >= 0.3 is 0 Å². The Bertz CT molecular complexity index is 914. The van der Waals surface area contributed by atoms with E-state index in [9.17, 15) is 8.42 Å². The number of aromatic nitrogens is 1. The van der Waals surface area contributed by atoms with Crippen molar-refractivity contribution in [1.29, 1.82) is 0 Å². The summed E-state index contributed by atoms with van der Waals surface area (Å²) in [5.74, 6) is 1.98. The molecule has 0 bridgehead atoms. The normalized spacial score (nSPS) is 15.4. The van der Waals surface area contributed by atoms with Crippen LogP contribution in [0.15, 0.2) is 44.9 Å². The fourth-order valence-corrected chi connectivity index (χ4v) is 5.96. The van der Waals surface area contributed by atoms with Crippen molar-refractivity contribution in [1.82, 2.24) is 9.29 Å². The van der Waals surface area contributed by atoms with Gasteiger partial charge in [-0.1, -0.05) is 22.4 Å². The number of thioether (sulfide) groups is 1. The number of halogens is 1. The average Bonchev–Trinajstić information content (AvgIpc) is 2.73. The van der Waals surface area contributed by atoms with Crippen molar-refractivity contribution in [3.05, 3.63) is 40.5 Å². The van der Waals surface area contributed by atoms with E-state index in [1.807, 2.05) is 12.1 Å². The van der Waals surface area contributed by atoms with Gasteiger partial charge in [-0.3, -0.25) is 0 Å². The Morgan fingerprint density at radius 1 is 1.11 bits per heavy atom. The number of rotatable bonds is 7. The molecular weight excluding hydrogens is 464 g/mol. The summed E-state index contributed by atoms with van der Waals surface area (Å²) in [6.07, 6.45) is 4.38. The topological polar surface area (TPSA) is 68.7 Å². The number of sulfonamides is 1.